The Bertz CT molecular complexity index is 1680. The van der Waals surface area contributed by atoms with Crippen molar-refractivity contribution in [2.45, 2.75) is 76.0 Å². The second kappa shape index (κ2) is 20.8. The maximum Gasteiger partial charge on any atom is 0.488 e. The summed E-state index contributed by atoms with van der Waals surface area (Å²) < 4.78 is 45.1. The number of rotatable bonds is 20. The fourth-order valence-electron chi connectivity index (χ4n) is 5.03. The minimum absolute atomic E-state index is 0.122. The molecule has 6 unspecified atom stereocenters. The van der Waals surface area contributed by atoms with E-state index >= 15 is 0 Å². The van der Waals surface area contributed by atoms with Gasteiger partial charge in [-0.15, -0.1) is 18.8 Å². The second-order valence-electron chi connectivity index (χ2n) is 11.4. The van der Waals surface area contributed by atoms with Gasteiger partial charge >= 0.3 is 39.8 Å². The molecule has 2 aromatic rings. The summed E-state index contributed by atoms with van der Waals surface area (Å²) in [5, 5.41) is 13.9. The Labute approximate surface area is 305 Å². The lowest BCUT2D eigenvalue weighted by atomic mass is 10.2. The number of hydrogen-bond donors (Lipinski definition) is 3. The summed E-state index contributed by atoms with van der Waals surface area (Å²) in [5.74, 6) is -3.83. The molecule has 2 aliphatic rings. The molecule has 4 rings (SSSR count). The standard InChI is InChI=1S/C28H34N6O18P2/c35-13-14-52(50-25(38)7-3-21(36)29-19-9-11-33(27(40)31-19)23-5-1-17(48-23)15-46-53(42)43)51-26(39)8-4-22(37)30-20-10-12-34(28(41)32-20)24-6-2-18(49-24)16-47-54(44)45/h9-12,17-18,23-24,35H,1-8,13-16H2,(H-,29,30,31,32,36,37,40,41)/p+1. The number of carbonyl (C=O) groups is 4. The molecule has 3 N–H and O–H groups in total. The molecule has 54 heavy (non-hydrogen) atoms. The van der Waals surface area contributed by atoms with Gasteiger partial charge in [0.2, 0.25) is 11.8 Å². The topological polar surface area (TPSA) is 321 Å². The quantitative estimate of drug-likeness (QED) is 0.0614. The van der Waals surface area contributed by atoms with Crippen LogP contribution in [0.5, 0.6) is 0 Å². The van der Waals surface area contributed by atoms with Crippen molar-refractivity contribution in [1.29, 1.82) is 0 Å². The molecule has 0 radical (unpaired) electrons. The first-order valence-corrected chi connectivity index (χ1v) is 18.4. The predicted molar refractivity (Wildman–Crippen MR) is 171 cm³/mol. The van der Waals surface area contributed by atoms with Crippen LogP contribution in [0.3, 0.4) is 0 Å². The molecular formula is C28H35N6O18P2+. The fourth-order valence-corrected chi connectivity index (χ4v) is 5.60. The highest BCUT2D eigenvalue weighted by Gasteiger charge is 2.31. The van der Waals surface area contributed by atoms with Gasteiger partial charge in [0, 0.05) is 29.9 Å². The molecule has 2 aliphatic heterocycles. The summed E-state index contributed by atoms with van der Waals surface area (Å²) in [6.07, 6.45) is -0.176. The van der Waals surface area contributed by atoms with Crippen LogP contribution in [0.1, 0.15) is 63.8 Å². The first kappa shape index (κ1) is 42.3. The molecule has 0 spiro atoms. The largest absolute Gasteiger partial charge is 0.566 e. The van der Waals surface area contributed by atoms with Crippen LogP contribution in [0, 0.1) is 0 Å². The maximum absolute atomic E-state index is 12.5. The molecule has 2 amide bonds. The average molecular weight is 806 g/mol. The van der Waals surface area contributed by atoms with E-state index in [1.165, 1.54) is 29.2 Å². The van der Waals surface area contributed by atoms with E-state index in [1.807, 2.05) is 0 Å². The van der Waals surface area contributed by atoms with E-state index < -0.39 is 115 Å². The summed E-state index contributed by atoms with van der Waals surface area (Å²) in [6, 6.07) is 2.63. The summed E-state index contributed by atoms with van der Waals surface area (Å²) in [7, 11) is -6.07. The first-order chi connectivity index (χ1) is 25.8. The van der Waals surface area contributed by atoms with E-state index in [9.17, 15) is 52.8 Å². The summed E-state index contributed by atoms with van der Waals surface area (Å²) in [4.78, 5) is 113. The van der Waals surface area contributed by atoms with Crippen molar-refractivity contribution in [2.24, 2.45) is 0 Å². The van der Waals surface area contributed by atoms with Crippen molar-refractivity contribution in [1.82, 2.24) is 19.1 Å². The smallest absolute Gasteiger partial charge is 0.488 e. The van der Waals surface area contributed by atoms with Gasteiger partial charge < -0.3 is 35.0 Å². The number of aromatic nitrogens is 4. The number of hydrogen-bond acceptors (Lipinski definition) is 19. The highest BCUT2D eigenvalue weighted by Crippen LogP contribution is 2.30. The van der Waals surface area contributed by atoms with Crippen molar-refractivity contribution < 1.29 is 76.2 Å². The number of nitrogens with one attached hydrogen (secondary N) is 2. The number of nitrogens with zero attached hydrogens (tertiary/aromatic N) is 4. The molecule has 2 saturated heterocycles. The molecule has 24 nitrogen and oxygen atoms in total. The minimum Gasteiger partial charge on any atom is -0.566 e. The molecular weight excluding hydrogens is 770 g/mol. The number of anilines is 2. The van der Waals surface area contributed by atoms with Gasteiger partial charge in [-0.25, -0.2) is 19.2 Å². The average Bonchev–Trinajstić information content (AvgIpc) is 3.78. The van der Waals surface area contributed by atoms with Gasteiger partial charge in [-0.2, -0.15) is 9.97 Å². The first-order valence-electron chi connectivity index (χ1n) is 16.2. The normalized spacial score (nSPS) is 20.0. The van der Waals surface area contributed by atoms with Crippen LogP contribution in [0.25, 0.3) is 0 Å². The Balaban J connectivity index is 1.15. The molecule has 0 saturated carbocycles. The Morgan fingerprint density at radius 1 is 0.778 bits per heavy atom. The fraction of sp³-hybridized carbons (Fsp3) is 0.571. The Morgan fingerprint density at radius 2 is 1.20 bits per heavy atom. The molecule has 6 atom stereocenters. The lowest BCUT2D eigenvalue weighted by Gasteiger charge is -2.15. The van der Waals surface area contributed by atoms with Crippen molar-refractivity contribution in [3.63, 3.8) is 0 Å². The highest BCUT2D eigenvalue weighted by molar-refractivity contribution is 7.30. The van der Waals surface area contributed by atoms with Crippen molar-refractivity contribution in [3.05, 3.63) is 45.5 Å². The highest BCUT2D eigenvalue weighted by atomic mass is 31.1. The van der Waals surface area contributed by atoms with E-state index in [0.717, 1.165) is 9.13 Å². The van der Waals surface area contributed by atoms with Gasteiger partial charge in [0.05, 0.1) is 25.0 Å². The van der Waals surface area contributed by atoms with Crippen LogP contribution in [0.15, 0.2) is 34.1 Å². The Morgan fingerprint density at radius 3 is 1.57 bits per heavy atom. The van der Waals surface area contributed by atoms with Gasteiger partial charge in [0.15, 0.2) is 0 Å². The number of amides is 2. The zero-order chi connectivity index (χ0) is 39.2. The monoisotopic (exact) mass is 805 g/mol. The zero-order valence-corrected chi connectivity index (χ0v) is 30.0. The van der Waals surface area contributed by atoms with E-state index in [0.29, 0.717) is 25.7 Å². The molecule has 0 bridgehead atoms. The molecule has 0 aromatic carbocycles. The van der Waals surface area contributed by atoms with E-state index in [4.69, 9.17) is 19.2 Å². The van der Waals surface area contributed by atoms with Gasteiger partial charge in [-0.05, 0) is 46.9 Å². The lowest BCUT2D eigenvalue weighted by molar-refractivity contribution is -0.609. The molecule has 0 aliphatic carbocycles. The van der Waals surface area contributed by atoms with E-state index in [1.54, 1.807) is 0 Å². The van der Waals surface area contributed by atoms with Crippen LogP contribution in [0.4, 0.5) is 11.6 Å². The third-order valence-electron chi connectivity index (χ3n) is 7.46. The molecule has 26 heteroatoms. The minimum atomic E-state index is -3.03. The van der Waals surface area contributed by atoms with Crippen LogP contribution >= 0.6 is 16.5 Å². The SMILES string of the molecule is O=C(CCC(=O)O[O+](CCO)OC(=O)CCC(=O)Nc1ccn(C2CCC(CO[P+](=O)[O-])O2)c(=O)n1)Nc1ccn(C2CCC(CO[P+](=O)[O-])O2)c(=O)n1. The van der Waals surface area contributed by atoms with Crippen LogP contribution in [0.2, 0.25) is 0 Å². The van der Waals surface area contributed by atoms with Crippen molar-refractivity contribution in [2.75, 3.05) is 37.1 Å². The number of aliphatic hydroxyl groups is 1. The summed E-state index contributed by atoms with van der Waals surface area (Å²) in [5.41, 5.74) is -1.52. The second-order valence-corrected chi connectivity index (χ2v) is 12.8. The summed E-state index contributed by atoms with van der Waals surface area (Å²) in [6.45, 7) is -1.58. The Hall–Kier alpha value is -4.48. The van der Waals surface area contributed by atoms with Crippen LogP contribution < -0.4 is 31.8 Å². The zero-order valence-electron chi connectivity index (χ0n) is 28.2. The predicted octanol–water partition coefficient (Wildman–Crippen LogP) is -1.18. The van der Waals surface area contributed by atoms with Gasteiger partial charge in [0.25, 0.3) is 6.61 Å². The number of ether oxygens (including phenoxy) is 2. The van der Waals surface area contributed by atoms with Gasteiger partial charge in [0.1, 0.15) is 43.9 Å². The molecule has 2 aromatic heterocycles. The molecule has 4 heterocycles. The molecule has 294 valence electrons. The third kappa shape index (κ3) is 13.7. The molecule has 2 fully saturated rings. The Kier molecular flexibility index (Phi) is 16.3. The van der Waals surface area contributed by atoms with Crippen LogP contribution in [-0.4, -0.2) is 86.6 Å². The lowest BCUT2D eigenvalue weighted by Crippen LogP contribution is -2.29. The number of carbonyl (C=O) groups excluding carboxylic acids is 4. The van der Waals surface area contributed by atoms with Crippen molar-refractivity contribution in [3.8, 4) is 0 Å². The van der Waals surface area contributed by atoms with Crippen molar-refractivity contribution >= 4 is 51.9 Å². The van der Waals surface area contributed by atoms with E-state index in [2.05, 4.69) is 29.6 Å². The van der Waals surface area contributed by atoms with E-state index in [-0.39, 0.29) is 24.8 Å². The van der Waals surface area contributed by atoms with Gasteiger partial charge in [-0.3, -0.25) is 18.7 Å². The third-order valence-corrected chi connectivity index (χ3v) is 8.18. The maximum atomic E-state index is 12.5. The van der Waals surface area contributed by atoms with Crippen LogP contribution in [-0.2, 0) is 61.3 Å². The summed E-state index contributed by atoms with van der Waals surface area (Å²) >= 11 is 0. The number of aliphatic hydroxyl groups excluding tert-OH is 1. The van der Waals surface area contributed by atoms with Gasteiger partial charge in [-0.1, -0.05) is 0 Å².